The molecule has 0 radical (unpaired) electrons. The van der Waals surface area contributed by atoms with Gasteiger partial charge in [0.25, 0.3) is 0 Å². The summed E-state index contributed by atoms with van der Waals surface area (Å²) < 4.78 is 0. The highest BCUT2D eigenvalue weighted by Gasteiger charge is 2.08. The van der Waals surface area contributed by atoms with Crippen LogP contribution in [0.25, 0.3) is 10.8 Å². The molecule has 1 nitrogen and oxygen atoms in total. The van der Waals surface area contributed by atoms with E-state index >= 15 is 0 Å². The zero-order valence-electron chi connectivity index (χ0n) is 11.0. The lowest BCUT2D eigenvalue weighted by Gasteiger charge is -2.17. The van der Waals surface area contributed by atoms with Gasteiger partial charge >= 0.3 is 0 Å². The molecule has 3 rings (SSSR count). The summed E-state index contributed by atoms with van der Waals surface area (Å²) in [6, 6.07) is 25.6. The quantitative estimate of drug-likeness (QED) is 0.685. The van der Waals surface area contributed by atoms with Gasteiger partial charge in [-0.3, -0.25) is 0 Å². The molecule has 1 unspecified atom stereocenters. The minimum atomic E-state index is 0.286. The van der Waals surface area contributed by atoms with Crippen LogP contribution in [0.4, 0.5) is 5.69 Å². The SMILES string of the molecule is CC(Nc1ccccc1)c1cccc2ccccc12. The zero-order chi connectivity index (χ0) is 13.1. The molecule has 0 heterocycles. The Kier molecular flexibility index (Phi) is 3.20. The maximum Gasteiger partial charge on any atom is 0.0491 e. The van der Waals surface area contributed by atoms with Crippen molar-refractivity contribution in [3.8, 4) is 0 Å². The van der Waals surface area contributed by atoms with Crippen LogP contribution in [-0.4, -0.2) is 0 Å². The molecule has 3 aromatic rings. The van der Waals surface area contributed by atoms with Gasteiger partial charge in [0, 0.05) is 11.7 Å². The van der Waals surface area contributed by atoms with Gasteiger partial charge < -0.3 is 5.32 Å². The predicted molar refractivity (Wildman–Crippen MR) is 82.4 cm³/mol. The van der Waals surface area contributed by atoms with Crippen LogP contribution >= 0.6 is 0 Å². The number of para-hydroxylation sites is 1. The number of hydrogen-bond donors (Lipinski definition) is 1. The van der Waals surface area contributed by atoms with E-state index in [9.17, 15) is 0 Å². The van der Waals surface area contributed by atoms with Gasteiger partial charge in [-0.1, -0.05) is 60.7 Å². The van der Waals surface area contributed by atoms with Crippen LogP contribution in [0.15, 0.2) is 72.8 Å². The molecule has 0 aliphatic rings. The summed E-state index contributed by atoms with van der Waals surface area (Å²) in [6.45, 7) is 2.20. The summed E-state index contributed by atoms with van der Waals surface area (Å²) in [7, 11) is 0. The molecule has 1 N–H and O–H groups in total. The maximum absolute atomic E-state index is 3.55. The first-order chi connectivity index (χ1) is 9.34. The molecule has 3 aromatic carbocycles. The van der Waals surface area contributed by atoms with Crippen molar-refractivity contribution < 1.29 is 0 Å². The molecule has 0 aliphatic heterocycles. The highest BCUT2D eigenvalue weighted by atomic mass is 14.9. The molecular weight excluding hydrogens is 230 g/mol. The highest BCUT2D eigenvalue weighted by Crippen LogP contribution is 2.26. The summed E-state index contributed by atoms with van der Waals surface area (Å²) in [5.41, 5.74) is 2.49. The minimum Gasteiger partial charge on any atom is -0.378 e. The third-order valence-corrected chi connectivity index (χ3v) is 3.45. The standard InChI is InChI=1S/C18H17N/c1-14(19-16-10-3-2-4-11-16)17-13-7-9-15-8-5-6-12-18(15)17/h2-14,19H,1H3. The van der Waals surface area contributed by atoms with Gasteiger partial charge in [-0.05, 0) is 35.4 Å². The van der Waals surface area contributed by atoms with E-state index in [1.807, 2.05) is 6.07 Å². The van der Waals surface area contributed by atoms with Gasteiger partial charge in [0.2, 0.25) is 0 Å². The van der Waals surface area contributed by atoms with Crippen LogP contribution in [0.1, 0.15) is 18.5 Å². The highest BCUT2D eigenvalue weighted by molar-refractivity contribution is 5.86. The number of hydrogen-bond acceptors (Lipinski definition) is 1. The average molecular weight is 247 g/mol. The molecule has 0 bridgehead atoms. The van der Waals surface area contributed by atoms with Crippen molar-refractivity contribution in [3.05, 3.63) is 78.4 Å². The summed E-state index contributed by atoms with van der Waals surface area (Å²) in [4.78, 5) is 0. The summed E-state index contributed by atoms with van der Waals surface area (Å²) in [5, 5.41) is 6.16. The van der Waals surface area contributed by atoms with E-state index in [1.165, 1.54) is 16.3 Å². The normalized spacial score (nSPS) is 12.3. The lowest BCUT2D eigenvalue weighted by Crippen LogP contribution is -2.06. The van der Waals surface area contributed by atoms with Gasteiger partial charge in [0.15, 0.2) is 0 Å². The largest absolute Gasteiger partial charge is 0.378 e. The lowest BCUT2D eigenvalue weighted by atomic mass is 9.99. The summed E-state index contributed by atoms with van der Waals surface area (Å²) >= 11 is 0. The molecule has 0 fully saturated rings. The molecule has 0 saturated carbocycles. The van der Waals surface area contributed by atoms with Gasteiger partial charge in [0.1, 0.15) is 0 Å². The van der Waals surface area contributed by atoms with Crippen molar-refractivity contribution in [2.45, 2.75) is 13.0 Å². The van der Waals surface area contributed by atoms with E-state index < -0.39 is 0 Å². The molecule has 19 heavy (non-hydrogen) atoms. The number of anilines is 1. The van der Waals surface area contributed by atoms with E-state index in [0.29, 0.717) is 0 Å². The van der Waals surface area contributed by atoms with E-state index in [1.54, 1.807) is 0 Å². The molecule has 1 atom stereocenters. The third kappa shape index (κ3) is 2.45. The van der Waals surface area contributed by atoms with Crippen molar-refractivity contribution >= 4 is 16.5 Å². The van der Waals surface area contributed by atoms with Crippen LogP contribution in [0.2, 0.25) is 0 Å². The number of nitrogens with one attached hydrogen (secondary N) is 1. The Balaban J connectivity index is 1.96. The van der Waals surface area contributed by atoms with Crippen LogP contribution in [-0.2, 0) is 0 Å². The van der Waals surface area contributed by atoms with Gasteiger partial charge in [0.05, 0.1) is 0 Å². The zero-order valence-corrected chi connectivity index (χ0v) is 11.0. The predicted octanol–water partition coefficient (Wildman–Crippen LogP) is 5.01. The molecular formula is C18H17N. The Morgan fingerprint density at radius 2 is 1.42 bits per heavy atom. The topological polar surface area (TPSA) is 12.0 Å². The molecule has 0 spiro atoms. The monoisotopic (exact) mass is 247 g/mol. The maximum atomic E-state index is 3.55. The Labute approximate surface area is 113 Å². The van der Waals surface area contributed by atoms with Crippen LogP contribution in [0, 0.1) is 0 Å². The molecule has 0 aromatic heterocycles. The van der Waals surface area contributed by atoms with Crippen molar-refractivity contribution in [1.82, 2.24) is 0 Å². The summed E-state index contributed by atoms with van der Waals surface area (Å²) in [6.07, 6.45) is 0. The lowest BCUT2D eigenvalue weighted by molar-refractivity contribution is 0.895. The first-order valence-electron chi connectivity index (χ1n) is 6.64. The smallest absolute Gasteiger partial charge is 0.0491 e. The molecule has 1 heteroatoms. The van der Waals surface area contributed by atoms with Crippen LogP contribution < -0.4 is 5.32 Å². The second kappa shape index (κ2) is 5.15. The van der Waals surface area contributed by atoms with Crippen LogP contribution in [0.5, 0.6) is 0 Å². The summed E-state index contributed by atoms with van der Waals surface area (Å²) in [5.74, 6) is 0. The molecule has 0 saturated heterocycles. The van der Waals surface area contributed by atoms with Crippen molar-refractivity contribution in [1.29, 1.82) is 0 Å². The van der Waals surface area contributed by atoms with E-state index in [-0.39, 0.29) is 6.04 Å². The molecule has 0 amide bonds. The second-order valence-electron chi connectivity index (χ2n) is 4.80. The fourth-order valence-electron chi connectivity index (χ4n) is 2.49. The number of benzene rings is 3. The van der Waals surface area contributed by atoms with Gasteiger partial charge in [-0.25, -0.2) is 0 Å². The first kappa shape index (κ1) is 11.8. The van der Waals surface area contributed by atoms with Gasteiger partial charge in [-0.2, -0.15) is 0 Å². The third-order valence-electron chi connectivity index (χ3n) is 3.45. The Hall–Kier alpha value is -2.28. The fourth-order valence-corrected chi connectivity index (χ4v) is 2.49. The van der Waals surface area contributed by atoms with Crippen molar-refractivity contribution in [3.63, 3.8) is 0 Å². The van der Waals surface area contributed by atoms with Crippen LogP contribution in [0.3, 0.4) is 0 Å². The average Bonchev–Trinajstić information content (AvgIpc) is 2.47. The Morgan fingerprint density at radius 3 is 2.26 bits per heavy atom. The number of rotatable bonds is 3. The Bertz CT molecular complexity index is 668. The van der Waals surface area contributed by atoms with Crippen molar-refractivity contribution in [2.75, 3.05) is 5.32 Å². The molecule has 0 aliphatic carbocycles. The molecule has 94 valence electrons. The number of fused-ring (bicyclic) bond motifs is 1. The van der Waals surface area contributed by atoms with E-state index in [2.05, 4.69) is 79.0 Å². The fraction of sp³-hybridized carbons (Fsp3) is 0.111. The second-order valence-corrected chi connectivity index (χ2v) is 4.80. The van der Waals surface area contributed by atoms with Gasteiger partial charge in [-0.15, -0.1) is 0 Å². The Morgan fingerprint density at radius 1 is 0.737 bits per heavy atom. The minimum absolute atomic E-state index is 0.286. The van der Waals surface area contributed by atoms with E-state index in [0.717, 1.165) is 5.69 Å². The van der Waals surface area contributed by atoms with Crippen molar-refractivity contribution in [2.24, 2.45) is 0 Å². The van der Waals surface area contributed by atoms with E-state index in [4.69, 9.17) is 0 Å². The first-order valence-corrected chi connectivity index (χ1v) is 6.64.